The van der Waals surface area contributed by atoms with Crippen molar-refractivity contribution in [1.82, 2.24) is 0 Å². The molecule has 0 aliphatic heterocycles. The van der Waals surface area contributed by atoms with Crippen LogP contribution in [-0.4, -0.2) is 0 Å². The third kappa shape index (κ3) is 6.50. The van der Waals surface area contributed by atoms with E-state index in [1.54, 1.807) is 0 Å². The number of unbranched alkanes of at least 4 members (excludes halogenated alkanes) is 2. The molecule has 180 valence electrons. The minimum absolute atomic E-state index is 0.990. The molecule has 0 N–H and O–H groups in total. The lowest BCUT2D eigenvalue weighted by molar-refractivity contribution is 0.717. The van der Waals surface area contributed by atoms with E-state index in [1.807, 2.05) is 0 Å². The van der Waals surface area contributed by atoms with E-state index >= 15 is 0 Å². The fraction of sp³-hybridized carbons (Fsp3) is 0.189. The third-order valence-electron chi connectivity index (χ3n) is 6.81. The van der Waals surface area contributed by atoms with E-state index in [0.717, 1.165) is 35.1 Å². The Balaban J connectivity index is 1.35. The highest BCUT2D eigenvalue weighted by molar-refractivity contribution is 5.99. The van der Waals surface area contributed by atoms with E-state index in [-0.39, 0.29) is 0 Å². The van der Waals surface area contributed by atoms with Crippen molar-refractivity contribution in [3.05, 3.63) is 131 Å². The summed E-state index contributed by atoms with van der Waals surface area (Å²) < 4.78 is 0. The van der Waals surface area contributed by atoms with Crippen LogP contribution in [0.1, 0.15) is 61.8 Å². The van der Waals surface area contributed by atoms with Gasteiger partial charge < -0.3 is 0 Å². The van der Waals surface area contributed by atoms with Gasteiger partial charge in [0.05, 0.1) is 0 Å². The molecular weight excluding hydrogens is 444 g/mol. The van der Waals surface area contributed by atoms with Gasteiger partial charge in [0, 0.05) is 22.3 Å². The number of hydrogen-bond donors (Lipinski definition) is 0. The Labute approximate surface area is 221 Å². The molecule has 0 bridgehead atoms. The molecule has 0 fully saturated rings. The van der Waals surface area contributed by atoms with E-state index in [0.29, 0.717) is 0 Å². The average Bonchev–Trinajstić information content (AvgIpc) is 3.14. The minimum Gasteiger partial charge on any atom is -0.0792 e. The van der Waals surface area contributed by atoms with Crippen molar-refractivity contribution < 1.29 is 0 Å². The number of benzene rings is 4. The summed E-state index contributed by atoms with van der Waals surface area (Å²) in [5, 5.41) is 4.85. The summed E-state index contributed by atoms with van der Waals surface area (Å²) in [6.45, 7) is 4.39. The molecule has 37 heavy (non-hydrogen) atoms. The zero-order valence-corrected chi connectivity index (χ0v) is 21.8. The molecule has 5 rings (SSSR count). The summed E-state index contributed by atoms with van der Waals surface area (Å²) in [6, 6.07) is 26.2. The lowest BCUT2D eigenvalue weighted by Crippen LogP contribution is -1.85. The van der Waals surface area contributed by atoms with Crippen LogP contribution in [0.25, 0.3) is 21.5 Å². The number of allylic oxidation sites excluding steroid dienone is 6. The molecule has 0 saturated carbocycles. The third-order valence-corrected chi connectivity index (χ3v) is 6.81. The van der Waals surface area contributed by atoms with Crippen LogP contribution >= 0.6 is 0 Å². The molecule has 0 radical (unpaired) electrons. The van der Waals surface area contributed by atoms with Gasteiger partial charge in [-0.05, 0) is 108 Å². The fourth-order valence-electron chi connectivity index (χ4n) is 4.59. The van der Waals surface area contributed by atoms with Gasteiger partial charge in [-0.2, -0.15) is 0 Å². The van der Waals surface area contributed by atoms with Gasteiger partial charge in [0.25, 0.3) is 0 Å². The van der Waals surface area contributed by atoms with Crippen LogP contribution in [0.4, 0.5) is 0 Å². The van der Waals surface area contributed by atoms with Gasteiger partial charge in [-0.15, -0.1) is 0 Å². The van der Waals surface area contributed by atoms with Crippen LogP contribution in [0.3, 0.4) is 0 Å². The highest BCUT2D eigenvalue weighted by Gasteiger charge is 2.01. The van der Waals surface area contributed by atoms with Gasteiger partial charge in [-0.3, -0.25) is 0 Å². The van der Waals surface area contributed by atoms with Gasteiger partial charge in [-0.25, -0.2) is 0 Å². The maximum absolute atomic E-state index is 3.35. The molecule has 0 amide bonds. The average molecular weight is 477 g/mol. The molecule has 1 aliphatic carbocycles. The Bertz CT molecular complexity index is 1650. The lowest BCUT2D eigenvalue weighted by Gasteiger charge is -2.04. The number of hydrogen-bond acceptors (Lipinski definition) is 0. The Kier molecular flexibility index (Phi) is 7.69. The zero-order chi connectivity index (χ0) is 25.5. The van der Waals surface area contributed by atoms with E-state index < -0.39 is 0 Å². The molecule has 4 aromatic carbocycles. The van der Waals surface area contributed by atoms with Crippen molar-refractivity contribution in [2.45, 2.75) is 46.0 Å². The number of rotatable bonds is 4. The van der Waals surface area contributed by atoms with Crippen LogP contribution in [0.2, 0.25) is 0 Å². The molecule has 0 atom stereocenters. The second-order valence-electron chi connectivity index (χ2n) is 9.87. The molecule has 4 aromatic rings. The quantitative estimate of drug-likeness (QED) is 0.156. The molecular formula is C37H32. The van der Waals surface area contributed by atoms with E-state index in [9.17, 15) is 0 Å². The topological polar surface area (TPSA) is 0 Å². The van der Waals surface area contributed by atoms with Crippen molar-refractivity contribution in [3.63, 3.8) is 0 Å². The molecule has 0 heteroatoms. The maximum atomic E-state index is 3.35. The maximum Gasteiger partial charge on any atom is 0.0255 e. The summed E-state index contributed by atoms with van der Waals surface area (Å²) in [4.78, 5) is 0. The van der Waals surface area contributed by atoms with Crippen LogP contribution in [0.15, 0.2) is 108 Å². The first-order valence-corrected chi connectivity index (χ1v) is 13.3. The number of aryl methyl sites for hydroxylation is 1. The molecule has 0 spiro atoms. The van der Waals surface area contributed by atoms with Crippen molar-refractivity contribution in [3.8, 4) is 23.7 Å². The van der Waals surface area contributed by atoms with Crippen molar-refractivity contribution in [1.29, 1.82) is 0 Å². The molecule has 0 aromatic heterocycles. The first-order valence-electron chi connectivity index (χ1n) is 13.3. The van der Waals surface area contributed by atoms with Gasteiger partial charge in [0.2, 0.25) is 0 Å². The Hall–Kier alpha value is -4.26. The Morgan fingerprint density at radius 2 is 1.24 bits per heavy atom. The number of fused-ring (bicyclic) bond motifs is 2. The second-order valence-corrected chi connectivity index (χ2v) is 9.87. The second kappa shape index (κ2) is 11.6. The van der Waals surface area contributed by atoms with Gasteiger partial charge >= 0.3 is 0 Å². The summed E-state index contributed by atoms with van der Waals surface area (Å²) >= 11 is 0. The molecule has 0 unspecified atom stereocenters. The summed E-state index contributed by atoms with van der Waals surface area (Å²) in [5.74, 6) is 13.3. The first kappa shape index (κ1) is 24.4. The summed E-state index contributed by atoms with van der Waals surface area (Å²) in [7, 11) is 0. The largest absolute Gasteiger partial charge is 0.0792 e. The van der Waals surface area contributed by atoms with Crippen molar-refractivity contribution in [2.75, 3.05) is 0 Å². The Morgan fingerprint density at radius 3 is 1.92 bits per heavy atom. The highest BCUT2D eigenvalue weighted by atomic mass is 14.1. The standard InChI is InChI=1S/C37H32/c1-3-4-5-8-29-12-14-31(15-13-29)17-19-33-21-23-35-26-36-24-32(20-22-34(36)27-37(35)25-33)18-16-30-9-6-7-28(2)10-11-30/h6,9-15,20-27H,3-5,7-8H2,1-2H3. The van der Waals surface area contributed by atoms with E-state index in [2.05, 4.69) is 135 Å². The highest BCUT2D eigenvalue weighted by Crippen LogP contribution is 2.25. The summed E-state index contributed by atoms with van der Waals surface area (Å²) in [5.41, 5.74) is 6.93. The van der Waals surface area contributed by atoms with Crippen LogP contribution in [0, 0.1) is 23.7 Å². The normalized spacial score (nSPS) is 12.7. The molecule has 1 aliphatic rings. The van der Waals surface area contributed by atoms with Crippen molar-refractivity contribution >= 4 is 21.5 Å². The molecule has 0 heterocycles. The van der Waals surface area contributed by atoms with Gasteiger partial charge in [0.15, 0.2) is 0 Å². The lowest BCUT2D eigenvalue weighted by atomic mass is 10.00. The van der Waals surface area contributed by atoms with Gasteiger partial charge in [-0.1, -0.05) is 91.5 Å². The van der Waals surface area contributed by atoms with E-state index in [4.69, 9.17) is 0 Å². The summed E-state index contributed by atoms with van der Waals surface area (Å²) in [6.07, 6.45) is 14.5. The monoisotopic (exact) mass is 476 g/mol. The minimum atomic E-state index is 0.990. The smallest absolute Gasteiger partial charge is 0.0255 e. The fourth-order valence-corrected chi connectivity index (χ4v) is 4.59. The first-order chi connectivity index (χ1) is 18.2. The van der Waals surface area contributed by atoms with Crippen LogP contribution in [0.5, 0.6) is 0 Å². The van der Waals surface area contributed by atoms with Crippen molar-refractivity contribution in [2.24, 2.45) is 0 Å². The van der Waals surface area contributed by atoms with Crippen LogP contribution < -0.4 is 0 Å². The van der Waals surface area contributed by atoms with Gasteiger partial charge in [0.1, 0.15) is 0 Å². The predicted molar refractivity (Wildman–Crippen MR) is 160 cm³/mol. The predicted octanol–water partition coefficient (Wildman–Crippen LogP) is 9.31. The zero-order valence-electron chi connectivity index (χ0n) is 21.8. The molecule has 0 saturated heterocycles. The van der Waals surface area contributed by atoms with E-state index in [1.165, 1.54) is 51.9 Å². The molecule has 0 nitrogen and oxygen atoms in total. The SMILES string of the molecule is CCCCCc1ccc(C#Cc2ccc3cc4cc(C#CC5=CC=C(C)CC=C5)ccc4cc3c2)cc1. The van der Waals surface area contributed by atoms with Crippen LogP contribution in [-0.2, 0) is 6.42 Å². The Morgan fingerprint density at radius 1 is 0.622 bits per heavy atom.